The number of pyridine rings is 3. The normalized spacial score (nSPS) is 11.2. The second-order valence-corrected chi connectivity index (χ2v) is 9.72. The number of rotatable bonds is 8. The van der Waals surface area contributed by atoms with Gasteiger partial charge in [0.25, 0.3) is 0 Å². The predicted octanol–water partition coefficient (Wildman–Crippen LogP) is 6.71. The molecule has 0 atom stereocenters. The van der Waals surface area contributed by atoms with Gasteiger partial charge in [-0.1, -0.05) is 12.1 Å². The summed E-state index contributed by atoms with van der Waals surface area (Å²) in [5.41, 5.74) is 2.61. The lowest BCUT2D eigenvalue weighted by Gasteiger charge is -2.20. The fraction of sp³-hybridized carbons (Fsp3) is 0.188. The molecular formula is C32H28FN3O4. The van der Waals surface area contributed by atoms with Crippen molar-refractivity contribution in [3.05, 3.63) is 112 Å². The Hall–Kier alpha value is -4.85. The van der Waals surface area contributed by atoms with Crippen LogP contribution in [0, 0.1) is 12.7 Å². The van der Waals surface area contributed by atoms with Crippen LogP contribution in [0.15, 0.2) is 84.0 Å². The molecular weight excluding hydrogens is 509 g/mol. The van der Waals surface area contributed by atoms with Gasteiger partial charge in [-0.15, -0.1) is 0 Å². The van der Waals surface area contributed by atoms with E-state index < -0.39 is 5.82 Å². The van der Waals surface area contributed by atoms with Crippen molar-refractivity contribution in [2.45, 2.75) is 33.2 Å². The molecule has 0 fully saturated rings. The summed E-state index contributed by atoms with van der Waals surface area (Å²) in [7, 11) is 1.60. The zero-order valence-electron chi connectivity index (χ0n) is 22.6. The number of methoxy groups -OCH3 is 1. The zero-order chi connectivity index (χ0) is 28.4. The quantitative estimate of drug-likeness (QED) is 0.205. The van der Waals surface area contributed by atoms with Gasteiger partial charge in [0.1, 0.15) is 23.1 Å². The van der Waals surface area contributed by atoms with Gasteiger partial charge in [0, 0.05) is 40.8 Å². The molecule has 0 radical (unpaired) electrons. The highest BCUT2D eigenvalue weighted by molar-refractivity contribution is 5.98. The Balaban J connectivity index is 1.41. The summed E-state index contributed by atoms with van der Waals surface area (Å²) in [6.07, 6.45) is 4.75. The van der Waals surface area contributed by atoms with Crippen molar-refractivity contribution in [1.29, 1.82) is 0 Å². The summed E-state index contributed by atoms with van der Waals surface area (Å²) in [6, 6.07) is 16.5. The molecule has 0 aliphatic heterocycles. The van der Waals surface area contributed by atoms with Crippen LogP contribution in [0.1, 0.15) is 41.6 Å². The van der Waals surface area contributed by atoms with Crippen molar-refractivity contribution >= 4 is 16.7 Å². The summed E-state index contributed by atoms with van der Waals surface area (Å²) >= 11 is 0. The maximum Gasteiger partial charge on any atom is 0.200 e. The van der Waals surface area contributed by atoms with Crippen LogP contribution in [0.5, 0.6) is 17.2 Å². The standard InChI is InChI=1S/C32H28FN3O4/c1-19(2)36-18-27(32(38)31(20(36)3)21-5-7-22(33)8-6-21)29(37)15-23-9-10-25(17-35-23)40-30-13-14-34-28-12-11-24(39-4)16-26(28)30/h5-14,16-19H,15H2,1-4H3. The van der Waals surface area contributed by atoms with Crippen LogP contribution in [-0.2, 0) is 6.42 Å². The van der Waals surface area contributed by atoms with Crippen LogP contribution >= 0.6 is 0 Å². The molecule has 3 aromatic heterocycles. The number of benzene rings is 2. The Morgan fingerprint density at radius 1 is 1.00 bits per heavy atom. The predicted molar refractivity (Wildman–Crippen MR) is 152 cm³/mol. The first kappa shape index (κ1) is 26.7. The number of Topliss-reactive ketones (excluding diaryl/α,β-unsaturated/α-hetero) is 1. The molecule has 5 rings (SSSR count). The van der Waals surface area contributed by atoms with Crippen molar-refractivity contribution in [2.24, 2.45) is 0 Å². The second-order valence-electron chi connectivity index (χ2n) is 9.72. The minimum atomic E-state index is -0.395. The van der Waals surface area contributed by atoms with Gasteiger partial charge in [-0.2, -0.15) is 0 Å². The van der Waals surface area contributed by atoms with E-state index in [9.17, 15) is 14.0 Å². The Bertz CT molecular complexity index is 1760. The van der Waals surface area contributed by atoms with E-state index in [2.05, 4.69) is 9.97 Å². The molecule has 40 heavy (non-hydrogen) atoms. The van der Waals surface area contributed by atoms with Crippen LogP contribution in [0.2, 0.25) is 0 Å². The fourth-order valence-electron chi connectivity index (χ4n) is 4.69. The number of ketones is 1. The molecule has 0 aliphatic rings. The van der Waals surface area contributed by atoms with Crippen molar-refractivity contribution < 1.29 is 18.7 Å². The molecule has 0 unspecified atom stereocenters. The summed E-state index contributed by atoms with van der Waals surface area (Å²) < 4.78 is 26.8. The Kier molecular flexibility index (Phi) is 7.42. The largest absolute Gasteiger partial charge is 0.497 e. The van der Waals surface area contributed by atoms with Crippen LogP contribution < -0.4 is 14.9 Å². The molecule has 202 valence electrons. The van der Waals surface area contributed by atoms with E-state index in [-0.39, 0.29) is 29.2 Å². The lowest BCUT2D eigenvalue weighted by molar-refractivity contribution is 0.0990. The molecule has 0 N–H and O–H groups in total. The fourth-order valence-corrected chi connectivity index (χ4v) is 4.69. The molecule has 8 heteroatoms. The average Bonchev–Trinajstić information content (AvgIpc) is 2.95. The van der Waals surface area contributed by atoms with E-state index in [1.807, 2.05) is 43.5 Å². The van der Waals surface area contributed by atoms with Crippen molar-refractivity contribution in [2.75, 3.05) is 7.11 Å². The molecule has 0 amide bonds. The van der Waals surface area contributed by atoms with Gasteiger partial charge in [-0.05, 0) is 74.9 Å². The first-order valence-electron chi connectivity index (χ1n) is 12.9. The van der Waals surface area contributed by atoms with Crippen LogP contribution in [0.3, 0.4) is 0 Å². The highest BCUT2D eigenvalue weighted by Crippen LogP contribution is 2.31. The summed E-state index contributed by atoms with van der Waals surface area (Å²) in [4.78, 5) is 35.7. The number of aromatic nitrogens is 3. The van der Waals surface area contributed by atoms with Gasteiger partial charge in [0.2, 0.25) is 0 Å². The first-order valence-corrected chi connectivity index (χ1v) is 12.9. The Labute approximate surface area is 230 Å². The van der Waals surface area contributed by atoms with Gasteiger partial charge in [-0.25, -0.2) is 4.39 Å². The molecule has 0 bridgehead atoms. The maximum atomic E-state index is 13.5. The third-order valence-electron chi connectivity index (χ3n) is 6.75. The highest BCUT2D eigenvalue weighted by Gasteiger charge is 2.21. The minimum absolute atomic E-state index is 0.00476. The molecule has 0 saturated carbocycles. The summed E-state index contributed by atoms with van der Waals surface area (Å²) in [6.45, 7) is 5.78. The van der Waals surface area contributed by atoms with E-state index >= 15 is 0 Å². The number of carbonyl (C=O) groups is 1. The smallest absolute Gasteiger partial charge is 0.200 e. The minimum Gasteiger partial charge on any atom is -0.497 e. The van der Waals surface area contributed by atoms with E-state index in [1.165, 1.54) is 12.1 Å². The lowest BCUT2D eigenvalue weighted by Crippen LogP contribution is -2.24. The summed E-state index contributed by atoms with van der Waals surface area (Å²) in [5, 5.41) is 0.791. The third kappa shape index (κ3) is 5.33. The Morgan fingerprint density at radius 3 is 2.42 bits per heavy atom. The average molecular weight is 538 g/mol. The van der Waals surface area contributed by atoms with Gasteiger partial charge >= 0.3 is 0 Å². The molecule has 0 saturated heterocycles. The van der Waals surface area contributed by atoms with Crippen LogP contribution in [-0.4, -0.2) is 27.4 Å². The highest BCUT2D eigenvalue weighted by atomic mass is 19.1. The van der Waals surface area contributed by atoms with Crippen molar-refractivity contribution in [1.82, 2.24) is 14.5 Å². The topological polar surface area (TPSA) is 83.3 Å². The van der Waals surface area contributed by atoms with Crippen molar-refractivity contribution in [3.63, 3.8) is 0 Å². The molecule has 0 aliphatic carbocycles. The van der Waals surface area contributed by atoms with Gasteiger partial charge in [-0.3, -0.25) is 19.6 Å². The number of hydrogen-bond donors (Lipinski definition) is 0. The van der Waals surface area contributed by atoms with E-state index in [1.54, 1.807) is 56.0 Å². The molecule has 7 nitrogen and oxygen atoms in total. The number of fused-ring (bicyclic) bond motifs is 1. The maximum absolute atomic E-state index is 13.5. The zero-order valence-corrected chi connectivity index (χ0v) is 22.6. The third-order valence-corrected chi connectivity index (χ3v) is 6.75. The number of halogens is 1. The van der Waals surface area contributed by atoms with Crippen LogP contribution in [0.25, 0.3) is 22.0 Å². The van der Waals surface area contributed by atoms with E-state index in [0.29, 0.717) is 39.8 Å². The number of carbonyl (C=O) groups excluding carboxylic acids is 1. The number of nitrogens with zero attached hydrogens (tertiary/aromatic N) is 3. The van der Waals surface area contributed by atoms with Crippen LogP contribution in [0.4, 0.5) is 4.39 Å². The van der Waals surface area contributed by atoms with Gasteiger partial charge in [0.15, 0.2) is 11.2 Å². The van der Waals surface area contributed by atoms with Crippen molar-refractivity contribution in [3.8, 4) is 28.4 Å². The molecule has 2 aromatic carbocycles. The van der Waals surface area contributed by atoms with Gasteiger partial charge in [0.05, 0.1) is 30.8 Å². The second kappa shape index (κ2) is 11.1. The number of hydrogen-bond acceptors (Lipinski definition) is 6. The first-order chi connectivity index (χ1) is 19.2. The lowest BCUT2D eigenvalue weighted by atomic mass is 9.98. The molecule has 5 aromatic rings. The molecule has 0 spiro atoms. The number of ether oxygens (including phenoxy) is 2. The molecule has 3 heterocycles. The monoisotopic (exact) mass is 537 g/mol. The summed E-state index contributed by atoms with van der Waals surface area (Å²) in [5.74, 6) is 1.02. The SMILES string of the molecule is COc1ccc2nccc(Oc3ccc(CC(=O)c4cn(C(C)C)c(C)c(-c5ccc(F)cc5)c4=O)nc3)c2c1. The van der Waals surface area contributed by atoms with E-state index in [0.717, 1.165) is 10.9 Å². The van der Waals surface area contributed by atoms with Gasteiger partial charge < -0.3 is 14.0 Å². The Morgan fingerprint density at radius 2 is 1.75 bits per heavy atom. The van der Waals surface area contributed by atoms with E-state index in [4.69, 9.17) is 9.47 Å².